The van der Waals surface area contributed by atoms with E-state index < -0.39 is 18.2 Å². The second kappa shape index (κ2) is 10.8. The minimum atomic E-state index is -1.07. The van der Waals surface area contributed by atoms with Gasteiger partial charge in [-0.1, -0.05) is 12.8 Å². The van der Waals surface area contributed by atoms with E-state index in [4.69, 9.17) is 18.9 Å². The molecule has 1 fully saturated rings. The van der Waals surface area contributed by atoms with Crippen LogP contribution in [0.3, 0.4) is 0 Å². The summed E-state index contributed by atoms with van der Waals surface area (Å²) in [6, 6.07) is 6.86. The normalized spacial score (nSPS) is 15.8. The molecule has 0 spiro atoms. The molecule has 8 nitrogen and oxygen atoms in total. The van der Waals surface area contributed by atoms with Crippen LogP contribution in [0, 0.1) is 6.92 Å². The summed E-state index contributed by atoms with van der Waals surface area (Å²) in [7, 11) is 4.67. The van der Waals surface area contributed by atoms with Gasteiger partial charge in [0, 0.05) is 12.0 Å². The molecule has 35 heavy (non-hydrogen) atoms. The van der Waals surface area contributed by atoms with E-state index in [1.807, 2.05) is 6.92 Å². The highest BCUT2D eigenvalue weighted by molar-refractivity contribution is 7.18. The van der Waals surface area contributed by atoms with Crippen molar-refractivity contribution in [2.75, 3.05) is 21.3 Å². The van der Waals surface area contributed by atoms with Gasteiger partial charge < -0.3 is 29.2 Å². The largest absolute Gasteiger partial charge is 0.497 e. The summed E-state index contributed by atoms with van der Waals surface area (Å²) in [6.07, 6.45) is 2.95. The Bertz CT molecular complexity index is 1180. The highest BCUT2D eigenvalue weighted by Gasteiger charge is 2.30. The molecule has 0 aliphatic heterocycles. The Balaban J connectivity index is 1.70. The summed E-state index contributed by atoms with van der Waals surface area (Å²) in [5.41, 5.74) is 1.97. The standard InChI is InChI=1S/C26H31NO7S/c1-14-19(32-3)9-15(10-20(14)33-4)25(28)21(34-16-7-5-6-8-16)13-23-27-24-18(26(29)30)11-17(31-2)12-22(24)35-23/h9-12,16,21,25,28H,5-8,13H2,1-4H3,(H,29,30)/t21-,25-/m0/s1. The molecular weight excluding hydrogens is 470 g/mol. The topological polar surface area (TPSA) is 107 Å². The summed E-state index contributed by atoms with van der Waals surface area (Å²) in [5.74, 6) is 0.638. The monoisotopic (exact) mass is 501 g/mol. The second-order valence-electron chi connectivity index (χ2n) is 8.71. The van der Waals surface area contributed by atoms with E-state index in [0.29, 0.717) is 44.5 Å². The van der Waals surface area contributed by atoms with Crippen molar-refractivity contribution < 1.29 is 34.0 Å². The number of fused-ring (bicyclic) bond motifs is 1. The number of carboxylic acid groups (broad SMARTS) is 1. The molecule has 1 heterocycles. The Labute approximate surface area is 208 Å². The van der Waals surface area contributed by atoms with Gasteiger partial charge in [-0.3, -0.25) is 0 Å². The van der Waals surface area contributed by atoms with Gasteiger partial charge in [-0.05, 0) is 49.6 Å². The summed E-state index contributed by atoms with van der Waals surface area (Å²) in [5, 5.41) is 21.8. The number of rotatable bonds is 10. The van der Waals surface area contributed by atoms with Gasteiger partial charge in [0.15, 0.2) is 0 Å². The molecule has 0 radical (unpaired) electrons. The van der Waals surface area contributed by atoms with Gasteiger partial charge in [-0.2, -0.15) is 0 Å². The van der Waals surface area contributed by atoms with Crippen LogP contribution in [0.5, 0.6) is 17.2 Å². The summed E-state index contributed by atoms with van der Waals surface area (Å²) in [6.45, 7) is 1.90. The zero-order valence-electron chi connectivity index (χ0n) is 20.4. The Morgan fingerprint density at radius 3 is 2.31 bits per heavy atom. The molecular formula is C26H31NO7S. The molecule has 2 aromatic carbocycles. The number of aliphatic hydroxyl groups is 1. The maximum Gasteiger partial charge on any atom is 0.338 e. The number of hydrogen-bond acceptors (Lipinski definition) is 8. The molecule has 0 saturated heterocycles. The number of ether oxygens (including phenoxy) is 4. The van der Waals surface area contributed by atoms with Gasteiger partial charge in [0.05, 0.1) is 54.3 Å². The number of benzene rings is 2. The van der Waals surface area contributed by atoms with E-state index in [2.05, 4.69) is 4.98 Å². The first-order chi connectivity index (χ1) is 16.8. The fraction of sp³-hybridized carbons (Fsp3) is 0.462. The number of methoxy groups -OCH3 is 3. The lowest BCUT2D eigenvalue weighted by molar-refractivity contribution is -0.0753. The van der Waals surface area contributed by atoms with E-state index in [-0.39, 0.29) is 11.7 Å². The Morgan fingerprint density at radius 2 is 1.74 bits per heavy atom. The zero-order valence-corrected chi connectivity index (χ0v) is 21.2. The van der Waals surface area contributed by atoms with E-state index in [1.54, 1.807) is 32.4 Å². The van der Waals surface area contributed by atoms with Crippen LogP contribution in [-0.2, 0) is 11.2 Å². The summed E-state index contributed by atoms with van der Waals surface area (Å²) < 4.78 is 23.4. The van der Waals surface area contributed by atoms with Crippen LogP contribution in [0.25, 0.3) is 10.2 Å². The first-order valence-corrected chi connectivity index (χ1v) is 12.4. The highest BCUT2D eigenvalue weighted by atomic mass is 32.1. The molecule has 2 atom stereocenters. The molecule has 1 aromatic heterocycles. The summed E-state index contributed by atoms with van der Waals surface area (Å²) in [4.78, 5) is 16.4. The molecule has 188 valence electrons. The Kier molecular flexibility index (Phi) is 7.78. The van der Waals surface area contributed by atoms with E-state index in [1.165, 1.54) is 24.5 Å². The number of nitrogens with zero attached hydrogens (tertiary/aromatic N) is 1. The number of thiazole rings is 1. The lowest BCUT2D eigenvalue weighted by Gasteiger charge is -2.27. The molecule has 2 N–H and O–H groups in total. The van der Waals surface area contributed by atoms with Gasteiger partial charge in [-0.15, -0.1) is 11.3 Å². The smallest absolute Gasteiger partial charge is 0.338 e. The molecule has 0 bridgehead atoms. The van der Waals surface area contributed by atoms with Crippen molar-refractivity contribution in [3.63, 3.8) is 0 Å². The number of hydrogen-bond donors (Lipinski definition) is 2. The maximum atomic E-state index is 11.8. The number of carboxylic acids is 1. The van der Waals surface area contributed by atoms with Crippen LogP contribution < -0.4 is 14.2 Å². The average Bonchev–Trinajstić information content (AvgIpc) is 3.51. The maximum absolute atomic E-state index is 11.8. The first kappa shape index (κ1) is 25.2. The van der Waals surface area contributed by atoms with Crippen molar-refractivity contribution in [3.8, 4) is 17.2 Å². The summed E-state index contributed by atoms with van der Waals surface area (Å²) >= 11 is 1.38. The third-order valence-corrected chi connectivity index (χ3v) is 7.52. The third-order valence-electron chi connectivity index (χ3n) is 6.49. The van der Waals surface area contributed by atoms with Gasteiger partial charge in [0.25, 0.3) is 0 Å². The minimum absolute atomic E-state index is 0.0629. The fourth-order valence-electron chi connectivity index (χ4n) is 4.59. The van der Waals surface area contributed by atoms with Gasteiger partial charge >= 0.3 is 5.97 Å². The average molecular weight is 502 g/mol. The number of aliphatic hydroxyl groups excluding tert-OH is 1. The van der Waals surface area contributed by atoms with Crippen LogP contribution in [0.2, 0.25) is 0 Å². The number of carbonyl (C=O) groups is 1. The second-order valence-corrected chi connectivity index (χ2v) is 9.83. The molecule has 0 amide bonds. The van der Waals surface area contributed by atoms with Crippen molar-refractivity contribution in [2.24, 2.45) is 0 Å². The molecule has 9 heteroatoms. The first-order valence-electron chi connectivity index (χ1n) is 11.6. The van der Waals surface area contributed by atoms with Crippen molar-refractivity contribution in [3.05, 3.63) is 46.0 Å². The van der Waals surface area contributed by atoms with Crippen LogP contribution in [0.1, 0.15) is 58.3 Å². The molecule has 1 aliphatic carbocycles. The van der Waals surface area contributed by atoms with Crippen LogP contribution >= 0.6 is 11.3 Å². The zero-order chi connectivity index (χ0) is 25.1. The van der Waals surface area contributed by atoms with Gasteiger partial charge in [-0.25, -0.2) is 9.78 Å². The number of aromatic nitrogens is 1. The quantitative estimate of drug-likeness (QED) is 0.403. The van der Waals surface area contributed by atoms with Crippen molar-refractivity contribution in [1.82, 2.24) is 4.98 Å². The van der Waals surface area contributed by atoms with Gasteiger partial charge in [0.2, 0.25) is 0 Å². The SMILES string of the molecule is COc1cc(C(=O)O)c2nc(C[C@H](OC3CCCC3)[C@@H](O)c3cc(OC)c(C)c(OC)c3)sc2c1. The lowest BCUT2D eigenvalue weighted by atomic mass is 9.99. The molecule has 0 unspecified atom stereocenters. The predicted octanol–water partition coefficient (Wildman–Crippen LogP) is 4.93. The van der Waals surface area contributed by atoms with E-state index in [9.17, 15) is 15.0 Å². The van der Waals surface area contributed by atoms with Crippen molar-refractivity contribution in [1.29, 1.82) is 0 Å². The molecule has 1 saturated carbocycles. The lowest BCUT2D eigenvalue weighted by Crippen LogP contribution is -2.29. The van der Waals surface area contributed by atoms with Crippen LogP contribution in [0.4, 0.5) is 0 Å². The van der Waals surface area contributed by atoms with Crippen molar-refractivity contribution >= 4 is 27.5 Å². The third kappa shape index (κ3) is 5.37. The van der Waals surface area contributed by atoms with E-state index in [0.717, 1.165) is 31.2 Å². The van der Waals surface area contributed by atoms with Gasteiger partial charge in [0.1, 0.15) is 23.4 Å². The molecule has 4 rings (SSSR count). The van der Waals surface area contributed by atoms with Crippen molar-refractivity contribution in [2.45, 2.75) is 57.3 Å². The fourth-order valence-corrected chi connectivity index (χ4v) is 5.65. The molecule has 3 aromatic rings. The minimum Gasteiger partial charge on any atom is -0.497 e. The number of aromatic carboxylic acids is 1. The predicted molar refractivity (Wildman–Crippen MR) is 133 cm³/mol. The molecule has 1 aliphatic rings. The Hall–Kier alpha value is -2.88. The van der Waals surface area contributed by atoms with Crippen LogP contribution in [0.15, 0.2) is 24.3 Å². The van der Waals surface area contributed by atoms with E-state index >= 15 is 0 Å². The Morgan fingerprint density at radius 1 is 1.09 bits per heavy atom. The van der Waals surface area contributed by atoms with Crippen LogP contribution in [-0.4, -0.2) is 54.7 Å². The highest BCUT2D eigenvalue weighted by Crippen LogP contribution is 2.37.